The first-order valence-corrected chi connectivity index (χ1v) is 7.45. The topological polar surface area (TPSA) is 56.1 Å². The van der Waals surface area contributed by atoms with Gasteiger partial charge in [-0.3, -0.25) is 4.79 Å². The van der Waals surface area contributed by atoms with E-state index in [-0.39, 0.29) is 11.9 Å². The number of nitrogens with zero attached hydrogens (tertiary/aromatic N) is 2. The van der Waals surface area contributed by atoms with Crippen molar-refractivity contribution in [2.45, 2.75) is 26.4 Å². The van der Waals surface area contributed by atoms with Crippen LogP contribution in [0.4, 0.5) is 0 Å². The number of halogens is 1. The molecule has 0 fully saturated rings. The monoisotopic (exact) mass is 351 g/mol. The SMILES string of the molecule is COc1ncccc1CNC(=O)c1cc(Br)cn1C(C)C. The van der Waals surface area contributed by atoms with E-state index in [1.807, 2.05) is 42.8 Å². The molecular weight excluding hydrogens is 334 g/mol. The molecular formula is C15H18BrN3O2. The smallest absolute Gasteiger partial charge is 0.268 e. The lowest BCUT2D eigenvalue weighted by molar-refractivity contribution is 0.0940. The van der Waals surface area contributed by atoms with Gasteiger partial charge in [-0.2, -0.15) is 0 Å². The molecule has 0 bridgehead atoms. The molecule has 0 saturated carbocycles. The molecule has 0 aliphatic heterocycles. The lowest BCUT2D eigenvalue weighted by Gasteiger charge is -2.13. The van der Waals surface area contributed by atoms with Crippen LogP contribution in [0.15, 0.2) is 35.1 Å². The van der Waals surface area contributed by atoms with Gasteiger partial charge in [0.15, 0.2) is 0 Å². The van der Waals surface area contributed by atoms with Crippen molar-refractivity contribution >= 4 is 21.8 Å². The number of carbonyl (C=O) groups is 1. The molecule has 2 aromatic heterocycles. The summed E-state index contributed by atoms with van der Waals surface area (Å²) in [6.45, 7) is 4.44. The number of hydrogen-bond acceptors (Lipinski definition) is 3. The lowest BCUT2D eigenvalue weighted by atomic mass is 10.2. The van der Waals surface area contributed by atoms with E-state index in [1.54, 1.807) is 13.3 Å². The minimum absolute atomic E-state index is 0.125. The zero-order valence-corrected chi connectivity index (χ0v) is 13.8. The predicted molar refractivity (Wildman–Crippen MR) is 84.5 cm³/mol. The Morgan fingerprint density at radius 3 is 2.95 bits per heavy atom. The third-order valence-corrected chi connectivity index (χ3v) is 3.52. The van der Waals surface area contributed by atoms with Crippen LogP contribution in [0, 0.1) is 0 Å². The summed E-state index contributed by atoms with van der Waals surface area (Å²) in [5.41, 5.74) is 1.47. The molecule has 0 spiro atoms. The largest absolute Gasteiger partial charge is 0.481 e. The van der Waals surface area contributed by atoms with Crippen LogP contribution in [-0.2, 0) is 6.54 Å². The van der Waals surface area contributed by atoms with Crippen molar-refractivity contribution < 1.29 is 9.53 Å². The zero-order valence-electron chi connectivity index (χ0n) is 12.3. The highest BCUT2D eigenvalue weighted by atomic mass is 79.9. The van der Waals surface area contributed by atoms with E-state index in [4.69, 9.17) is 4.74 Å². The number of pyridine rings is 1. The number of nitrogens with one attached hydrogen (secondary N) is 1. The predicted octanol–water partition coefficient (Wildman–Crippen LogP) is 3.17. The number of carbonyl (C=O) groups excluding carboxylic acids is 1. The molecule has 0 saturated heterocycles. The lowest BCUT2D eigenvalue weighted by Crippen LogP contribution is -2.26. The number of hydrogen-bond donors (Lipinski definition) is 1. The van der Waals surface area contributed by atoms with Gasteiger partial charge >= 0.3 is 0 Å². The molecule has 2 rings (SSSR count). The Morgan fingerprint density at radius 1 is 1.52 bits per heavy atom. The first kappa shape index (κ1) is 15.6. The Morgan fingerprint density at radius 2 is 2.29 bits per heavy atom. The molecule has 0 atom stereocenters. The Kier molecular flexibility index (Phi) is 5.01. The van der Waals surface area contributed by atoms with Crippen LogP contribution < -0.4 is 10.1 Å². The van der Waals surface area contributed by atoms with Crippen LogP contribution in [-0.4, -0.2) is 22.6 Å². The number of rotatable bonds is 5. The third kappa shape index (κ3) is 3.64. The van der Waals surface area contributed by atoms with Gasteiger partial charge in [0, 0.05) is 35.0 Å². The van der Waals surface area contributed by atoms with Crippen LogP contribution in [0.2, 0.25) is 0 Å². The Hall–Kier alpha value is -1.82. The van der Waals surface area contributed by atoms with E-state index in [0.717, 1.165) is 10.0 Å². The number of ether oxygens (including phenoxy) is 1. The molecule has 112 valence electrons. The first-order chi connectivity index (χ1) is 10.0. The van der Waals surface area contributed by atoms with Crippen LogP contribution in [0.1, 0.15) is 35.9 Å². The third-order valence-electron chi connectivity index (χ3n) is 3.09. The van der Waals surface area contributed by atoms with Crippen molar-refractivity contribution in [2.75, 3.05) is 7.11 Å². The van der Waals surface area contributed by atoms with E-state index >= 15 is 0 Å². The zero-order chi connectivity index (χ0) is 15.4. The van der Waals surface area contributed by atoms with Crippen LogP contribution >= 0.6 is 15.9 Å². The van der Waals surface area contributed by atoms with Crippen LogP contribution in [0.3, 0.4) is 0 Å². The maximum Gasteiger partial charge on any atom is 0.268 e. The summed E-state index contributed by atoms with van der Waals surface area (Å²) in [5, 5.41) is 2.90. The summed E-state index contributed by atoms with van der Waals surface area (Å²) >= 11 is 3.41. The highest BCUT2D eigenvalue weighted by molar-refractivity contribution is 9.10. The van der Waals surface area contributed by atoms with Crippen molar-refractivity contribution in [1.82, 2.24) is 14.9 Å². The summed E-state index contributed by atoms with van der Waals surface area (Å²) in [4.78, 5) is 16.5. The van der Waals surface area contributed by atoms with E-state index in [2.05, 4.69) is 26.2 Å². The summed E-state index contributed by atoms with van der Waals surface area (Å²) in [6, 6.07) is 5.72. The Balaban J connectivity index is 2.12. The fourth-order valence-electron chi connectivity index (χ4n) is 2.06. The van der Waals surface area contributed by atoms with E-state index in [0.29, 0.717) is 18.1 Å². The second-order valence-corrected chi connectivity index (χ2v) is 5.81. The van der Waals surface area contributed by atoms with Gasteiger partial charge in [0.05, 0.1) is 7.11 Å². The molecule has 0 radical (unpaired) electrons. The maximum absolute atomic E-state index is 12.3. The summed E-state index contributed by atoms with van der Waals surface area (Å²) in [7, 11) is 1.56. The molecule has 1 amide bonds. The maximum atomic E-state index is 12.3. The molecule has 0 aromatic carbocycles. The van der Waals surface area contributed by atoms with Crippen LogP contribution in [0.25, 0.3) is 0 Å². The second kappa shape index (κ2) is 6.76. The van der Waals surface area contributed by atoms with Gasteiger partial charge in [-0.05, 0) is 41.9 Å². The Bertz CT molecular complexity index is 638. The fourth-order valence-corrected chi connectivity index (χ4v) is 2.50. The molecule has 6 heteroatoms. The second-order valence-electron chi connectivity index (χ2n) is 4.90. The number of aromatic nitrogens is 2. The van der Waals surface area contributed by atoms with Gasteiger partial charge < -0.3 is 14.6 Å². The van der Waals surface area contributed by atoms with E-state index in [9.17, 15) is 4.79 Å². The standard InChI is InChI=1S/C15H18BrN3O2/c1-10(2)19-9-12(16)7-13(19)14(20)18-8-11-5-4-6-17-15(11)21-3/h4-7,9-10H,8H2,1-3H3,(H,18,20). The highest BCUT2D eigenvalue weighted by Crippen LogP contribution is 2.20. The van der Waals surface area contributed by atoms with Crippen molar-refractivity contribution in [1.29, 1.82) is 0 Å². The van der Waals surface area contributed by atoms with Crippen molar-refractivity contribution in [3.05, 3.63) is 46.3 Å². The minimum Gasteiger partial charge on any atom is -0.481 e. The number of methoxy groups -OCH3 is 1. The molecule has 0 aliphatic rings. The number of amides is 1. The van der Waals surface area contributed by atoms with Gasteiger partial charge in [-0.15, -0.1) is 0 Å². The first-order valence-electron chi connectivity index (χ1n) is 6.66. The average molecular weight is 352 g/mol. The normalized spacial score (nSPS) is 10.7. The fraction of sp³-hybridized carbons (Fsp3) is 0.333. The molecule has 21 heavy (non-hydrogen) atoms. The Labute approximate surface area is 132 Å². The summed E-state index contributed by atoms with van der Waals surface area (Å²) < 4.78 is 7.99. The van der Waals surface area contributed by atoms with Gasteiger partial charge in [0.25, 0.3) is 5.91 Å². The molecule has 5 nitrogen and oxygen atoms in total. The van der Waals surface area contributed by atoms with Crippen molar-refractivity contribution in [3.8, 4) is 5.88 Å². The van der Waals surface area contributed by atoms with Gasteiger partial charge in [-0.25, -0.2) is 4.98 Å². The van der Waals surface area contributed by atoms with Gasteiger partial charge in [-0.1, -0.05) is 6.07 Å². The molecule has 0 unspecified atom stereocenters. The quantitative estimate of drug-likeness (QED) is 0.899. The summed E-state index contributed by atoms with van der Waals surface area (Å²) in [6.07, 6.45) is 3.56. The van der Waals surface area contributed by atoms with E-state index < -0.39 is 0 Å². The van der Waals surface area contributed by atoms with Gasteiger partial charge in [0.2, 0.25) is 5.88 Å². The highest BCUT2D eigenvalue weighted by Gasteiger charge is 2.15. The molecule has 2 heterocycles. The molecule has 2 aromatic rings. The minimum atomic E-state index is -0.125. The van der Waals surface area contributed by atoms with Crippen molar-refractivity contribution in [2.24, 2.45) is 0 Å². The van der Waals surface area contributed by atoms with Crippen molar-refractivity contribution in [3.63, 3.8) is 0 Å². The average Bonchev–Trinajstić information content (AvgIpc) is 2.87. The summed E-state index contributed by atoms with van der Waals surface area (Å²) in [5.74, 6) is 0.401. The van der Waals surface area contributed by atoms with E-state index in [1.165, 1.54) is 0 Å². The van der Waals surface area contributed by atoms with Gasteiger partial charge in [0.1, 0.15) is 5.69 Å². The van der Waals surface area contributed by atoms with Crippen LogP contribution in [0.5, 0.6) is 5.88 Å². The molecule has 1 N–H and O–H groups in total. The molecule has 0 aliphatic carbocycles.